The maximum atomic E-state index is 6.20. The largest absolute Gasteiger partial charge is 0.496 e. The number of nitrogens with zero attached hydrogens (tertiary/aromatic N) is 2. The van der Waals surface area contributed by atoms with Crippen molar-refractivity contribution in [3.05, 3.63) is 40.0 Å². The maximum Gasteiger partial charge on any atom is 0.128 e. The Morgan fingerprint density at radius 2 is 2.08 bits per heavy atom. The van der Waals surface area contributed by atoms with Crippen molar-refractivity contribution in [3.63, 3.8) is 0 Å². The Balaban J connectivity index is 0.00000196. The van der Waals surface area contributed by atoms with E-state index in [9.17, 15) is 0 Å². The van der Waals surface area contributed by atoms with Crippen molar-refractivity contribution in [1.82, 2.24) is 9.78 Å². The van der Waals surface area contributed by atoms with Crippen LogP contribution in [0.3, 0.4) is 0 Å². The number of ether oxygens (including phenoxy) is 1. The number of fused-ring (bicyclic) bond motifs is 1. The number of nitrogens with one attached hydrogen (secondary N) is 1. The topological polar surface area (TPSA) is 39.1 Å². The van der Waals surface area contributed by atoms with Crippen molar-refractivity contribution in [2.45, 2.75) is 42.6 Å². The Morgan fingerprint density at radius 3 is 2.73 bits per heavy atom. The number of thioether (sulfide) groups is 1. The standard InChI is InChI=1S/C19H24ClN3OS.ClH/c1-19(2)10-21-18-15(16(11-5-6-11)22-23(18)3)17(25-19)13-8-7-12(20)9-14(13)24-4;/h7-9,11,17,21H,5-6,10H2,1-4H3;1H. The van der Waals surface area contributed by atoms with Crippen LogP contribution >= 0.6 is 35.8 Å². The number of benzene rings is 1. The van der Waals surface area contributed by atoms with E-state index in [4.69, 9.17) is 21.4 Å². The monoisotopic (exact) mass is 413 g/mol. The molecule has 1 aromatic carbocycles. The van der Waals surface area contributed by atoms with E-state index in [0.29, 0.717) is 10.9 Å². The molecule has 1 aromatic heterocycles. The summed E-state index contributed by atoms with van der Waals surface area (Å²) >= 11 is 8.18. The fourth-order valence-electron chi connectivity index (χ4n) is 3.52. The zero-order valence-electron chi connectivity index (χ0n) is 15.5. The van der Waals surface area contributed by atoms with Gasteiger partial charge >= 0.3 is 0 Å². The molecule has 1 aliphatic carbocycles. The quantitative estimate of drug-likeness (QED) is 0.729. The van der Waals surface area contributed by atoms with Crippen molar-refractivity contribution < 1.29 is 4.74 Å². The lowest BCUT2D eigenvalue weighted by molar-refractivity contribution is 0.410. The molecule has 142 valence electrons. The van der Waals surface area contributed by atoms with Gasteiger partial charge in [-0.2, -0.15) is 5.10 Å². The summed E-state index contributed by atoms with van der Waals surface area (Å²) in [4.78, 5) is 0. The minimum atomic E-state index is 0. The molecule has 2 aliphatic rings. The predicted molar refractivity (Wildman–Crippen MR) is 112 cm³/mol. The van der Waals surface area contributed by atoms with Crippen molar-refractivity contribution in [1.29, 1.82) is 0 Å². The molecule has 2 heterocycles. The van der Waals surface area contributed by atoms with Crippen molar-refractivity contribution in [3.8, 4) is 5.75 Å². The second kappa shape index (κ2) is 7.17. The summed E-state index contributed by atoms with van der Waals surface area (Å²) in [5.74, 6) is 2.58. The Morgan fingerprint density at radius 1 is 1.35 bits per heavy atom. The van der Waals surface area contributed by atoms with E-state index in [2.05, 4.69) is 25.2 Å². The third-order valence-corrected chi connectivity index (χ3v) is 6.68. The van der Waals surface area contributed by atoms with E-state index in [-0.39, 0.29) is 22.4 Å². The van der Waals surface area contributed by atoms with E-state index in [0.717, 1.165) is 18.1 Å². The van der Waals surface area contributed by atoms with Gasteiger partial charge in [-0.3, -0.25) is 4.68 Å². The summed E-state index contributed by atoms with van der Waals surface area (Å²) in [6, 6.07) is 5.97. The lowest BCUT2D eigenvalue weighted by Crippen LogP contribution is -2.26. The number of aryl methyl sites for hydroxylation is 1. The fourth-order valence-corrected chi connectivity index (χ4v) is 5.15. The minimum Gasteiger partial charge on any atom is -0.496 e. The van der Waals surface area contributed by atoms with Gasteiger partial charge in [0.25, 0.3) is 0 Å². The van der Waals surface area contributed by atoms with Crippen LogP contribution in [0.15, 0.2) is 18.2 Å². The van der Waals surface area contributed by atoms with Crippen LogP contribution in [0, 0.1) is 0 Å². The lowest BCUT2D eigenvalue weighted by Gasteiger charge is -2.27. The van der Waals surface area contributed by atoms with Crippen LogP contribution in [-0.4, -0.2) is 28.2 Å². The molecule has 1 fully saturated rings. The number of hydrogen-bond acceptors (Lipinski definition) is 4. The average Bonchev–Trinajstić information content (AvgIpc) is 3.36. The molecule has 4 nitrogen and oxygen atoms in total. The number of aromatic nitrogens is 2. The van der Waals surface area contributed by atoms with Crippen LogP contribution in [0.1, 0.15) is 54.7 Å². The van der Waals surface area contributed by atoms with Crippen LogP contribution in [-0.2, 0) is 7.05 Å². The number of rotatable bonds is 3. The number of hydrogen-bond donors (Lipinski definition) is 1. The third-order valence-electron chi connectivity index (χ3n) is 4.94. The Labute approximate surface area is 170 Å². The second-order valence-corrected chi connectivity index (χ2v) is 9.79. The van der Waals surface area contributed by atoms with Gasteiger partial charge in [-0.25, -0.2) is 0 Å². The molecule has 1 atom stereocenters. The van der Waals surface area contributed by atoms with Gasteiger partial charge in [0.05, 0.1) is 18.1 Å². The van der Waals surface area contributed by atoms with Gasteiger partial charge in [-0.05, 0) is 38.8 Å². The summed E-state index contributed by atoms with van der Waals surface area (Å²) in [6.07, 6.45) is 2.48. The van der Waals surface area contributed by atoms with E-state index in [1.807, 2.05) is 35.6 Å². The number of methoxy groups -OCH3 is 1. The molecule has 0 amide bonds. The van der Waals surface area contributed by atoms with E-state index in [1.54, 1.807) is 7.11 Å². The molecule has 0 radical (unpaired) electrons. The van der Waals surface area contributed by atoms with Gasteiger partial charge in [0.15, 0.2) is 0 Å². The second-order valence-electron chi connectivity index (χ2n) is 7.54. The molecule has 1 N–H and O–H groups in total. The molecule has 2 aromatic rings. The summed E-state index contributed by atoms with van der Waals surface area (Å²) in [5, 5.41) is 9.39. The number of anilines is 1. The molecule has 0 bridgehead atoms. The van der Waals surface area contributed by atoms with Gasteiger partial charge in [0, 0.05) is 40.4 Å². The molecular formula is C19H25Cl2N3OS. The van der Waals surface area contributed by atoms with Gasteiger partial charge in [0.1, 0.15) is 11.6 Å². The molecule has 4 rings (SSSR count). The number of halogens is 2. The van der Waals surface area contributed by atoms with Crippen LogP contribution in [0.4, 0.5) is 5.82 Å². The fraction of sp³-hybridized carbons (Fsp3) is 0.526. The van der Waals surface area contributed by atoms with Crippen molar-refractivity contribution in [2.75, 3.05) is 19.0 Å². The van der Waals surface area contributed by atoms with Crippen LogP contribution < -0.4 is 10.1 Å². The van der Waals surface area contributed by atoms with Crippen LogP contribution in [0.5, 0.6) is 5.75 Å². The minimum absolute atomic E-state index is 0. The smallest absolute Gasteiger partial charge is 0.128 e. The summed E-state index contributed by atoms with van der Waals surface area (Å²) in [6.45, 7) is 5.48. The zero-order chi connectivity index (χ0) is 17.8. The first kappa shape index (κ1) is 19.7. The first-order valence-corrected chi connectivity index (χ1v) is 9.97. The summed E-state index contributed by atoms with van der Waals surface area (Å²) in [7, 11) is 3.75. The highest BCUT2D eigenvalue weighted by Crippen LogP contribution is 2.54. The SMILES string of the molecule is COc1cc(Cl)ccc1C1SC(C)(C)CNc2c1c(C1CC1)nn2C.Cl. The predicted octanol–water partition coefficient (Wildman–Crippen LogP) is 5.41. The molecule has 0 spiro atoms. The lowest BCUT2D eigenvalue weighted by atomic mass is 10.0. The highest BCUT2D eigenvalue weighted by Gasteiger charge is 2.40. The third kappa shape index (κ3) is 3.54. The van der Waals surface area contributed by atoms with Crippen LogP contribution in [0.2, 0.25) is 5.02 Å². The highest BCUT2D eigenvalue weighted by atomic mass is 35.5. The Kier molecular flexibility index (Phi) is 5.44. The molecular weight excluding hydrogens is 389 g/mol. The maximum absolute atomic E-state index is 6.20. The van der Waals surface area contributed by atoms with Gasteiger partial charge in [-0.1, -0.05) is 17.7 Å². The first-order valence-electron chi connectivity index (χ1n) is 8.71. The Bertz CT molecular complexity index is 817. The van der Waals surface area contributed by atoms with E-state index in [1.165, 1.54) is 29.7 Å². The average molecular weight is 414 g/mol. The van der Waals surface area contributed by atoms with E-state index < -0.39 is 0 Å². The molecule has 7 heteroatoms. The van der Waals surface area contributed by atoms with Crippen molar-refractivity contribution >= 4 is 41.6 Å². The summed E-state index contributed by atoms with van der Waals surface area (Å²) in [5.41, 5.74) is 3.74. The molecule has 1 aliphatic heterocycles. The molecule has 1 saturated carbocycles. The zero-order valence-corrected chi connectivity index (χ0v) is 17.9. The molecule has 0 saturated heterocycles. The van der Waals surface area contributed by atoms with Gasteiger partial charge in [-0.15, -0.1) is 24.2 Å². The normalized spacial score (nSPS) is 21.2. The van der Waals surface area contributed by atoms with Gasteiger partial charge < -0.3 is 10.1 Å². The first-order chi connectivity index (χ1) is 11.9. The van der Waals surface area contributed by atoms with Crippen LogP contribution in [0.25, 0.3) is 0 Å². The molecule has 1 unspecified atom stereocenters. The Hall–Kier alpha value is -1.04. The van der Waals surface area contributed by atoms with E-state index >= 15 is 0 Å². The molecule has 26 heavy (non-hydrogen) atoms. The summed E-state index contributed by atoms with van der Waals surface area (Å²) < 4.78 is 7.79. The van der Waals surface area contributed by atoms with Crippen molar-refractivity contribution in [2.24, 2.45) is 7.05 Å². The van der Waals surface area contributed by atoms with Gasteiger partial charge in [0.2, 0.25) is 0 Å². The highest BCUT2D eigenvalue weighted by molar-refractivity contribution is 8.01.